The molecular weight excluding hydrogens is 98.1 g/mol. The molecule has 0 aromatic carbocycles. The second kappa shape index (κ2) is 2.06. The fourth-order valence-electron chi connectivity index (χ4n) is 0.864. The Morgan fingerprint density at radius 2 is 2.25 bits per heavy atom. The predicted octanol–water partition coefficient (Wildman–Crippen LogP) is 1.41. The minimum atomic E-state index is 0.618. The third-order valence-corrected chi connectivity index (χ3v) is 1.75. The Bertz CT molecular complexity index is 127. The Balaban J connectivity index is 2.46. The van der Waals surface area contributed by atoms with Crippen LogP contribution in [0.1, 0.15) is 19.3 Å². The van der Waals surface area contributed by atoms with Crippen molar-refractivity contribution in [1.29, 1.82) is 0 Å². The molecule has 1 saturated carbocycles. The fraction of sp³-hybridized carbons (Fsp3) is 0.571. The molecular formula is C7H11N. The van der Waals surface area contributed by atoms with Gasteiger partial charge in [0, 0.05) is 5.92 Å². The predicted molar refractivity (Wildman–Crippen MR) is 34.2 cm³/mol. The lowest BCUT2D eigenvalue weighted by molar-refractivity contribution is 0.365. The summed E-state index contributed by atoms with van der Waals surface area (Å²) in [4.78, 5) is 0. The minimum absolute atomic E-state index is 0.618. The van der Waals surface area contributed by atoms with Gasteiger partial charge in [0.25, 0.3) is 0 Å². The van der Waals surface area contributed by atoms with Gasteiger partial charge in [0.2, 0.25) is 0 Å². The summed E-state index contributed by atoms with van der Waals surface area (Å²) in [5.74, 6) is 0.618. The molecule has 0 amide bonds. The molecule has 0 spiro atoms. The average molecular weight is 109 g/mol. The van der Waals surface area contributed by atoms with Crippen LogP contribution >= 0.6 is 0 Å². The molecule has 1 aliphatic carbocycles. The maximum Gasteiger partial charge on any atom is 0.0537 e. The van der Waals surface area contributed by atoms with Gasteiger partial charge in [-0.3, -0.25) is 0 Å². The molecule has 1 rings (SSSR count). The molecule has 1 fully saturated rings. The molecule has 0 radical (unpaired) electrons. The number of allylic oxidation sites excluding steroid dienone is 1. The number of hydrogen-bond acceptors (Lipinski definition) is 1. The van der Waals surface area contributed by atoms with Crippen molar-refractivity contribution in [2.24, 2.45) is 11.7 Å². The quantitative estimate of drug-likeness (QED) is 0.506. The number of nitrogens with two attached hydrogens (primary N) is 1. The highest BCUT2D eigenvalue weighted by Crippen LogP contribution is 2.29. The van der Waals surface area contributed by atoms with Crippen LogP contribution < -0.4 is 5.73 Å². The van der Waals surface area contributed by atoms with E-state index >= 15 is 0 Å². The van der Waals surface area contributed by atoms with Crippen LogP contribution in [0, 0.1) is 5.92 Å². The first-order valence-electron chi connectivity index (χ1n) is 3.00. The van der Waals surface area contributed by atoms with Crippen molar-refractivity contribution in [3.05, 3.63) is 18.0 Å². The van der Waals surface area contributed by atoms with Crippen molar-refractivity contribution < 1.29 is 0 Å². The first-order chi connectivity index (χ1) is 3.84. The van der Waals surface area contributed by atoms with Gasteiger partial charge in [-0.05, 0) is 12.8 Å². The summed E-state index contributed by atoms with van der Waals surface area (Å²) in [6.45, 7) is 3.48. The average Bonchev–Trinajstić information content (AvgIpc) is 1.62. The van der Waals surface area contributed by atoms with Gasteiger partial charge in [0.1, 0.15) is 0 Å². The van der Waals surface area contributed by atoms with E-state index in [-0.39, 0.29) is 0 Å². The highest BCUT2D eigenvalue weighted by molar-refractivity contribution is 5.02. The second-order valence-corrected chi connectivity index (χ2v) is 2.26. The molecule has 1 aliphatic rings. The van der Waals surface area contributed by atoms with E-state index in [1.54, 1.807) is 0 Å². The molecule has 0 aromatic heterocycles. The van der Waals surface area contributed by atoms with Crippen molar-refractivity contribution in [1.82, 2.24) is 0 Å². The number of hydrogen-bond donors (Lipinski definition) is 1. The Hall–Kier alpha value is -0.680. The van der Waals surface area contributed by atoms with Crippen LogP contribution in [0.25, 0.3) is 0 Å². The zero-order valence-electron chi connectivity index (χ0n) is 4.98. The van der Waals surface area contributed by atoms with E-state index in [9.17, 15) is 0 Å². The summed E-state index contributed by atoms with van der Waals surface area (Å²) in [7, 11) is 0. The van der Waals surface area contributed by atoms with Crippen LogP contribution in [-0.2, 0) is 0 Å². The van der Waals surface area contributed by atoms with E-state index in [1.165, 1.54) is 19.3 Å². The molecule has 0 unspecified atom stereocenters. The van der Waals surface area contributed by atoms with Gasteiger partial charge in [-0.1, -0.05) is 13.0 Å². The molecule has 0 saturated heterocycles. The molecule has 0 aliphatic heterocycles. The third-order valence-electron chi connectivity index (χ3n) is 1.75. The van der Waals surface area contributed by atoms with Crippen LogP contribution in [0.5, 0.6) is 0 Å². The summed E-state index contributed by atoms with van der Waals surface area (Å²) >= 11 is 0. The standard InChI is InChI=1S/C7H11N/c1-2-7(8)6-4-3-5-6/h6H,1,3-5,8H2. The number of rotatable bonds is 1. The van der Waals surface area contributed by atoms with E-state index in [2.05, 4.69) is 12.3 Å². The Kier molecular flexibility index (Phi) is 1.40. The van der Waals surface area contributed by atoms with Crippen LogP contribution in [0.2, 0.25) is 0 Å². The van der Waals surface area contributed by atoms with E-state index in [0.29, 0.717) is 5.92 Å². The van der Waals surface area contributed by atoms with Crippen molar-refractivity contribution >= 4 is 0 Å². The van der Waals surface area contributed by atoms with E-state index in [4.69, 9.17) is 5.73 Å². The lowest BCUT2D eigenvalue weighted by atomic mass is 9.83. The zero-order chi connectivity index (χ0) is 5.98. The molecule has 8 heavy (non-hydrogen) atoms. The summed E-state index contributed by atoms with van der Waals surface area (Å²) in [6, 6.07) is 0. The molecule has 1 heteroatoms. The molecule has 0 heterocycles. The normalized spacial score (nSPS) is 19.0. The second-order valence-electron chi connectivity index (χ2n) is 2.26. The summed E-state index contributed by atoms with van der Waals surface area (Å²) < 4.78 is 0. The Morgan fingerprint density at radius 1 is 1.62 bits per heavy atom. The van der Waals surface area contributed by atoms with Crippen LogP contribution in [0.3, 0.4) is 0 Å². The third kappa shape index (κ3) is 0.775. The van der Waals surface area contributed by atoms with E-state index in [1.807, 2.05) is 0 Å². The van der Waals surface area contributed by atoms with E-state index in [0.717, 1.165) is 5.70 Å². The van der Waals surface area contributed by atoms with Crippen LogP contribution in [0.4, 0.5) is 0 Å². The lowest BCUT2D eigenvalue weighted by Crippen LogP contribution is -2.18. The van der Waals surface area contributed by atoms with Gasteiger partial charge in [0.15, 0.2) is 0 Å². The topological polar surface area (TPSA) is 26.0 Å². The molecule has 1 nitrogen and oxygen atoms in total. The summed E-state index contributed by atoms with van der Waals surface area (Å²) in [6.07, 6.45) is 3.82. The molecule has 2 N–H and O–H groups in total. The first-order valence-corrected chi connectivity index (χ1v) is 3.00. The smallest absolute Gasteiger partial charge is 0.0537 e. The van der Waals surface area contributed by atoms with Gasteiger partial charge in [-0.2, -0.15) is 0 Å². The first kappa shape index (κ1) is 5.46. The maximum atomic E-state index is 5.52. The fourth-order valence-corrected chi connectivity index (χ4v) is 0.864. The monoisotopic (exact) mass is 109 g/mol. The Morgan fingerprint density at radius 3 is 2.38 bits per heavy atom. The zero-order valence-corrected chi connectivity index (χ0v) is 4.98. The van der Waals surface area contributed by atoms with Gasteiger partial charge < -0.3 is 5.73 Å². The summed E-state index contributed by atoms with van der Waals surface area (Å²) in [5, 5.41) is 0. The lowest BCUT2D eigenvalue weighted by Gasteiger charge is -2.23. The van der Waals surface area contributed by atoms with Crippen molar-refractivity contribution in [2.75, 3.05) is 0 Å². The van der Waals surface area contributed by atoms with Crippen molar-refractivity contribution in [3.8, 4) is 0 Å². The van der Waals surface area contributed by atoms with Gasteiger partial charge in [-0.25, -0.2) is 0 Å². The summed E-state index contributed by atoms with van der Waals surface area (Å²) in [5.41, 5.74) is 9.09. The maximum absolute atomic E-state index is 5.52. The molecule has 0 aromatic rings. The van der Waals surface area contributed by atoms with Crippen LogP contribution in [-0.4, -0.2) is 0 Å². The molecule has 44 valence electrons. The van der Waals surface area contributed by atoms with Gasteiger partial charge in [-0.15, -0.1) is 5.73 Å². The highest BCUT2D eigenvalue weighted by Gasteiger charge is 2.18. The van der Waals surface area contributed by atoms with E-state index < -0.39 is 0 Å². The van der Waals surface area contributed by atoms with Crippen molar-refractivity contribution in [3.63, 3.8) is 0 Å². The van der Waals surface area contributed by atoms with Gasteiger partial charge >= 0.3 is 0 Å². The largest absolute Gasteiger partial charge is 0.396 e. The molecule has 0 atom stereocenters. The SMILES string of the molecule is C=C=C(N)C1CCC1. The molecule has 0 bridgehead atoms. The highest BCUT2D eigenvalue weighted by atomic mass is 14.6. The minimum Gasteiger partial charge on any atom is -0.396 e. The van der Waals surface area contributed by atoms with Gasteiger partial charge in [0.05, 0.1) is 5.70 Å². The van der Waals surface area contributed by atoms with Crippen molar-refractivity contribution in [2.45, 2.75) is 19.3 Å². The van der Waals surface area contributed by atoms with Crippen LogP contribution in [0.15, 0.2) is 18.0 Å². The Labute approximate surface area is 49.9 Å².